The Morgan fingerprint density at radius 1 is 1.82 bits per heavy atom. The van der Waals surface area contributed by atoms with Gasteiger partial charge in [0.25, 0.3) is 0 Å². The second-order valence-electron chi connectivity index (χ2n) is 3.37. The Morgan fingerprint density at radius 2 is 2.45 bits per heavy atom. The van der Waals surface area contributed by atoms with Crippen molar-refractivity contribution < 1.29 is 15.0 Å². The topological polar surface area (TPSA) is 69.6 Å². The second kappa shape index (κ2) is 2.79. The minimum atomic E-state index is -0.852. The second-order valence-corrected chi connectivity index (χ2v) is 3.37. The van der Waals surface area contributed by atoms with Crippen LogP contribution in [0.15, 0.2) is 0 Å². The molecular weight excluding hydrogens is 146 g/mol. The Balaban J connectivity index is 2.58. The molecule has 1 aliphatic heterocycles. The van der Waals surface area contributed by atoms with E-state index in [0.29, 0.717) is 13.1 Å². The van der Waals surface area contributed by atoms with Crippen LogP contribution in [0.4, 0.5) is 0 Å². The van der Waals surface area contributed by atoms with Crippen molar-refractivity contribution in [2.45, 2.75) is 19.4 Å². The van der Waals surface area contributed by atoms with E-state index in [9.17, 15) is 9.90 Å². The summed E-state index contributed by atoms with van der Waals surface area (Å²) in [5, 5.41) is 20.8. The van der Waals surface area contributed by atoms with Crippen molar-refractivity contribution >= 4 is 5.97 Å². The zero-order valence-electron chi connectivity index (χ0n) is 6.50. The smallest absolute Gasteiger partial charge is 0.304 e. The fourth-order valence-corrected chi connectivity index (χ4v) is 1.38. The fraction of sp³-hybridized carbons (Fsp3) is 0.857. The zero-order chi connectivity index (χ0) is 8.48. The van der Waals surface area contributed by atoms with Gasteiger partial charge in [-0.15, -0.1) is 0 Å². The van der Waals surface area contributed by atoms with Gasteiger partial charge < -0.3 is 15.5 Å². The van der Waals surface area contributed by atoms with Gasteiger partial charge in [-0.25, -0.2) is 0 Å². The van der Waals surface area contributed by atoms with Gasteiger partial charge in [0, 0.05) is 18.5 Å². The summed E-state index contributed by atoms with van der Waals surface area (Å²) in [6, 6.07) is 0. The number of hydrogen-bond acceptors (Lipinski definition) is 3. The highest BCUT2D eigenvalue weighted by atomic mass is 16.4. The number of carboxylic acid groups (broad SMARTS) is 1. The van der Waals surface area contributed by atoms with Gasteiger partial charge in [0.1, 0.15) is 0 Å². The summed E-state index contributed by atoms with van der Waals surface area (Å²) in [5.74, 6) is -0.852. The molecule has 1 heterocycles. The van der Waals surface area contributed by atoms with Crippen molar-refractivity contribution in [3.05, 3.63) is 0 Å². The Morgan fingerprint density at radius 3 is 2.82 bits per heavy atom. The van der Waals surface area contributed by atoms with Crippen molar-refractivity contribution in [3.63, 3.8) is 0 Å². The summed E-state index contributed by atoms with van der Waals surface area (Å²) >= 11 is 0. The van der Waals surface area contributed by atoms with Crippen LogP contribution in [0.25, 0.3) is 0 Å². The summed E-state index contributed by atoms with van der Waals surface area (Å²) in [6.45, 7) is 2.87. The van der Waals surface area contributed by atoms with Crippen LogP contribution in [-0.4, -0.2) is 35.4 Å². The van der Waals surface area contributed by atoms with E-state index < -0.39 is 17.5 Å². The normalized spacial score (nSPS) is 37.5. The van der Waals surface area contributed by atoms with E-state index in [1.165, 1.54) is 0 Å². The van der Waals surface area contributed by atoms with Crippen LogP contribution in [0.2, 0.25) is 0 Å². The molecule has 1 saturated heterocycles. The molecule has 1 rings (SSSR count). The van der Waals surface area contributed by atoms with Gasteiger partial charge >= 0.3 is 5.97 Å². The highest BCUT2D eigenvalue weighted by Crippen LogP contribution is 2.28. The molecule has 0 aromatic carbocycles. The van der Waals surface area contributed by atoms with E-state index in [-0.39, 0.29) is 6.42 Å². The lowest BCUT2D eigenvalue weighted by Crippen LogP contribution is -2.33. The molecule has 11 heavy (non-hydrogen) atoms. The molecule has 2 unspecified atom stereocenters. The van der Waals surface area contributed by atoms with Gasteiger partial charge in [0.05, 0.1) is 12.5 Å². The minimum absolute atomic E-state index is 0.0289. The van der Waals surface area contributed by atoms with E-state index in [0.717, 1.165) is 0 Å². The van der Waals surface area contributed by atoms with Crippen LogP contribution in [0.5, 0.6) is 0 Å². The van der Waals surface area contributed by atoms with Gasteiger partial charge in [0.2, 0.25) is 0 Å². The van der Waals surface area contributed by atoms with Crippen LogP contribution in [0.3, 0.4) is 0 Å². The summed E-state index contributed by atoms with van der Waals surface area (Å²) in [6.07, 6.45) is -0.500. The van der Waals surface area contributed by atoms with Crippen molar-refractivity contribution in [2.24, 2.45) is 5.41 Å². The van der Waals surface area contributed by atoms with Gasteiger partial charge in [-0.2, -0.15) is 0 Å². The van der Waals surface area contributed by atoms with E-state index in [4.69, 9.17) is 5.11 Å². The Hall–Kier alpha value is -0.610. The van der Waals surface area contributed by atoms with Crippen LogP contribution < -0.4 is 5.32 Å². The monoisotopic (exact) mass is 159 g/mol. The highest BCUT2D eigenvalue weighted by Gasteiger charge is 2.39. The first-order valence-electron chi connectivity index (χ1n) is 3.65. The number of hydrogen-bond donors (Lipinski definition) is 3. The third-order valence-electron chi connectivity index (χ3n) is 2.23. The fourth-order valence-electron chi connectivity index (χ4n) is 1.38. The lowest BCUT2D eigenvalue weighted by Gasteiger charge is -2.24. The third kappa shape index (κ3) is 1.70. The summed E-state index contributed by atoms with van der Waals surface area (Å²) in [4.78, 5) is 10.4. The number of nitrogens with one attached hydrogen (secondary N) is 1. The number of β-amino-alcohol motifs (C(OH)–C–C–N with tert-alkyl or cyclic N) is 1. The molecule has 0 saturated carbocycles. The quantitative estimate of drug-likeness (QED) is 0.504. The number of aliphatic carboxylic acids is 1. The van der Waals surface area contributed by atoms with Crippen molar-refractivity contribution in [2.75, 3.05) is 13.1 Å². The van der Waals surface area contributed by atoms with E-state index in [2.05, 4.69) is 5.32 Å². The summed E-state index contributed by atoms with van der Waals surface area (Å²) in [5.41, 5.74) is -0.480. The maximum absolute atomic E-state index is 10.4. The summed E-state index contributed by atoms with van der Waals surface area (Å²) in [7, 11) is 0. The van der Waals surface area contributed by atoms with Crippen LogP contribution in [-0.2, 0) is 4.79 Å². The Labute approximate surface area is 65.2 Å². The molecule has 0 aromatic heterocycles. The first-order chi connectivity index (χ1) is 5.04. The largest absolute Gasteiger partial charge is 0.481 e. The lowest BCUT2D eigenvalue weighted by molar-refractivity contribution is -0.140. The van der Waals surface area contributed by atoms with Crippen molar-refractivity contribution in [3.8, 4) is 0 Å². The van der Waals surface area contributed by atoms with Crippen LogP contribution >= 0.6 is 0 Å². The van der Waals surface area contributed by atoms with E-state index in [1.54, 1.807) is 6.92 Å². The standard InChI is InChI=1S/C7H13NO3/c1-7(2-6(10)11)4-8-3-5(7)9/h5,8-9H,2-4H2,1H3,(H,10,11). The number of rotatable bonds is 2. The average molecular weight is 159 g/mol. The molecule has 64 valence electrons. The highest BCUT2D eigenvalue weighted by molar-refractivity contribution is 5.67. The van der Waals surface area contributed by atoms with Gasteiger partial charge in [-0.3, -0.25) is 4.79 Å². The van der Waals surface area contributed by atoms with E-state index >= 15 is 0 Å². The Bertz CT molecular complexity index is 171. The summed E-state index contributed by atoms with van der Waals surface area (Å²) < 4.78 is 0. The zero-order valence-corrected chi connectivity index (χ0v) is 6.50. The molecule has 1 fully saturated rings. The molecule has 2 atom stereocenters. The molecule has 3 N–H and O–H groups in total. The third-order valence-corrected chi connectivity index (χ3v) is 2.23. The molecule has 0 aromatic rings. The number of aliphatic hydroxyl groups excluding tert-OH is 1. The number of aliphatic hydroxyl groups is 1. The predicted octanol–water partition coefficient (Wildman–Crippen LogP) is -0.569. The molecular formula is C7H13NO3. The molecule has 0 radical (unpaired) electrons. The SMILES string of the molecule is CC1(CC(=O)O)CNCC1O. The first kappa shape index (κ1) is 8.49. The molecule has 1 aliphatic rings. The molecule has 0 spiro atoms. The molecule has 0 amide bonds. The number of carbonyl (C=O) groups is 1. The molecule has 0 bridgehead atoms. The number of carboxylic acids is 1. The molecule has 0 aliphatic carbocycles. The van der Waals surface area contributed by atoms with Crippen LogP contribution in [0.1, 0.15) is 13.3 Å². The van der Waals surface area contributed by atoms with E-state index in [1.807, 2.05) is 0 Å². The average Bonchev–Trinajstić information content (AvgIpc) is 2.11. The lowest BCUT2D eigenvalue weighted by atomic mass is 9.84. The van der Waals surface area contributed by atoms with Gasteiger partial charge in [-0.1, -0.05) is 6.92 Å². The maximum atomic E-state index is 10.4. The molecule has 4 heteroatoms. The maximum Gasteiger partial charge on any atom is 0.304 e. The van der Waals surface area contributed by atoms with Gasteiger partial charge in [0.15, 0.2) is 0 Å². The molecule has 4 nitrogen and oxygen atoms in total. The Kier molecular flexibility index (Phi) is 2.15. The predicted molar refractivity (Wildman–Crippen MR) is 39.2 cm³/mol. The minimum Gasteiger partial charge on any atom is -0.481 e. The van der Waals surface area contributed by atoms with Crippen LogP contribution in [0, 0.1) is 5.41 Å². The first-order valence-corrected chi connectivity index (χ1v) is 3.65. The van der Waals surface area contributed by atoms with Gasteiger partial charge in [-0.05, 0) is 0 Å². The van der Waals surface area contributed by atoms with Crippen molar-refractivity contribution in [1.82, 2.24) is 5.32 Å². The van der Waals surface area contributed by atoms with Crippen molar-refractivity contribution in [1.29, 1.82) is 0 Å².